The zero-order valence-electron chi connectivity index (χ0n) is 16.8. The van der Waals surface area contributed by atoms with E-state index in [0.29, 0.717) is 22.9 Å². The molecular formula is C21H23N5O3. The molecule has 0 bridgehead atoms. The molecule has 0 spiro atoms. The van der Waals surface area contributed by atoms with E-state index in [1.54, 1.807) is 38.6 Å². The van der Waals surface area contributed by atoms with Crippen molar-refractivity contribution in [1.29, 1.82) is 0 Å². The van der Waals surface area contributed by atoms with Crippen molar-refractivity contribution in [3.63, 3.8) is 0 Å². The number of nitrogens with zero attached hydrogens (tertiary/aromatic N) is 3. The quantitative estimate of drug-likeness (QED) is 0.476. The van der Waals surface area contributed by atoms with Crippen molar-refractivity contribution in [2.45, 2.75) is 0 Å². The lowest BCUT2D eigenvalue weighted by atomic mass is 10.1. The fraction of sp³-hybridized carbons (Fsp3) is 0.190. The maximum atomic E-state index is 12.3. The van der Waals surface area contributed by atoms with Gasteiger partial charge in [0.25, 0.3) is 5.91 Å². The topological polar surface area (TPSA) is 91.8 Å². The second-order valence-electron chi connectivity index (χ2n) is 6.42. The highest BCUT2D eigenvalue weighted by Gasteiger charge is 2.12. The highest BCUT2D eigenvalue weighted by Crippen LogP contribution is 2.31. The molecule has 8 heteroatoms. The molecule has 0 saturated carbocycles. The van der Waals surface area contributed by atoms with Gasteiger partial charge in [0.05, 0.1) is 26.1 Å². The summed E-state index contributed by atoms with van der Waals surface area (Å²) < 4.78 is 10.5. The van der Waals surface area contributed by atoms with Crippen molar-refractivity contribution in [2.75, 3.05) is 33.2 Å². The number of hydrazone groups is 1. The van der Waals surface area contributed by atoms with Crippen molar-refractivity contribution in [1.82, 2.24) is 15.6 Å². The molecule has 1 aromatic heterocycles. The van der Waals surface area contributed by atoms with E-state index in [1.165, 1.54) is 0 Å². The molecule has 150 valence electrons. The zero-order valence-corrected chi connectivity index (χ0v) is 16.8. The standard InChI is InChI=1S/C21H23N5O3/c1-26(2)16-8-5-14(6-9-16)13-22-25-21(27)18-12-17(23-24-18)15-7-10-19(28-3)20(11-15)29-4/h5-13H,1-4H3,(H,23,24)(H,25,27)/b22-13+. The lowest BCUT2D eigenvalue weighted by Crippen LogP contribution is -2.18. The molecule has 0 aliphatic carbocycles. The van der Waals surface area contributed by atoms with Crippen LogP contribution in [0.15, 0.2) is 53.6 Å². The Morgan fingerprint density at radius 3 is 2.45 bits per heavy atom. The lowest BCUT2D eigenvalue weighted by molar-refractivity contribution is 0.0950. The van der Waals surface area contributed by atoms with E-state index < -0.39 is 0 Å². The van der Waals surface area contributed by atoms with Crippen LogP contribution >= 0.6 is 0 Å². The monoisotopic (exact) mass is 393 g/mol. The molecule has 2 aromatic carbocycles. The summed E-state index contributed by atoms with van der Waals surface area (Å²) in [5, 5.41) is 10.9. The molecular weight excluding hydrogens is 370 g/mol. The summed E-state index contributed by atoms with van der Waals surface area (Å²) in [6, 6.07) is 14.9. The molecule has 0 aliphatic rings. The average Bonchev–Trinajstić information content (AvgIpc) is 3.24. The van der Waals surface area contributed by atoms with Crippen molar-refractivity contribution in [2.24, 2.45) is 5.10 Å². The fourth-order valence-corrected chi connectivity index (χ4v) is 2.67. The predicted octanol–water partition coefficient (Wildman–Crippen LogP) is 2.92. The van der Waals surface area contributed by atoms with Crippen molar-refractivity contribution in [3.05, 3.63) is 59.8 Å². The minimum atomic E-state index is -0.384. The van der Waals surface area contributed by atoms with Gasteiger partial charge < -0.3 is 14.4 Å². The zero-order chi connectivity index (χ0) is 20.8. The van der Waals surface area contributed by atoms with Gasteiger partial charge in [-0.2, -0.15) is 10.2 Å². The van der Waals surface area contributed by atoms with Crippen LogP contribution in [-0.4, -0.2) is 50.6 Å². The van der Waals surface area contributed by atoms with Gasteiger partial charge in [-0.1, -0.05) is 12.1 Å². The van der Waals surface area contributed by atoms with Gasteiger partial charge in [0.15, 0.2) is 11.5 Å². The number of aromatic amines is 1. The number of methoxy groups -OCH3 is 2. The summed E-state index contributed by atoms with van der Waals surface area (Å²) in [6.07, 6.45) is 1.59. The Labute approximate surface area is 169 Å². The second-order valence-corrected chi connectivity index (χ2v) is 6.42. The minimum absolute atomic E-state index is 0.301. The molecule has 29 heavy (non-hydrogen) atoms. The Hall–Kier alpha value is -3.81. The number of carbonyl (C=O) groups is 1. The Morgan fingerprint density at radius 2 is 1.79 bits per heavy atom. The number of anilines is 1. The number of amides is 1. The van der Waals surface area contributed by atoms with Crippen LogP contribution in [0.3, 0.4) is 0 Å². The van der Waals surface area contributed by atoms with Crippen LogP contribution in [0.25, 0.3) is 11.3 Å². The number of carbonyl (C=O) groups excluding carboxylic acids is 1. The molecule has 0 fully saturated rings. The lowest BCUT2D eigenvalue weighted by Gasteiger charge is -2.11. The highest BCUT2D eigenvalue weighted by molar-refractivity contribution is 5.94. The van der Waals surface area contributed by atoms with Gasteiger partial charge in [-0.3, -0.25) is 9.89 Å². The van der Waals surface area contributed by atoms with Crippen molar-refractivity contribution < 1.29 is 14.3 Å². The summed E-state index contributed by atoms with van der Waals surface area (Å²) in [4.78, 5) is 14.3. The average molecular weight is 393 g/mol. The summed E-state index contributed by atoms with van der Waals surface area (Å²) in [6.45, 7) is 0. The number of benzene rings is 2. The number of aromatic nitrogens is 2. The van der Waals surface area contributed by atoms with Gasteiger partial charge in [0.2, 0.25) is 0 Å². The molecule has 8 nitrogen and oxygen atoms in total. The number of hydrogen-bond acceptors (Lipinski definition) is 6. The van der Waals surface area contributed by atoms with Gasteiger partial charge in [0.1, 0.15) is 5.69 Å². The Bertz CT molecular complexity index is 1010. The number of nitrogens with one attached hydrogen (secondary N) is 2. The first-order valence-electron chi connectivity index (χ1n) is 8.90. The molecule has 0 saturated heterocycles. The first kappa shape index (κ1) is 19.9. The molecule has 0 unspecified atom stereocenters. The molecule has 1 amide bonds. The molecule has 2 N–H and O–H groups in total. The van der Waals surface area contributed by atoms with Crippen LogP contribution in [0.1, 0.15) is 16.1 Å². The SMILES string of the molecule is COc1ccc(-c2cc(C(=O)N/N=C/c3ccc(N(C)C)cc3)[nH]n2)cc1OC. The van der Waals surface area contributed by atoms with E-state index >= 15 is 0 Å². The molecule has 3 rings (SSSR count). The van der Waals surface area contributed by atoms with Crippen LogP contribution in [0.2, 0.25) is 0 Å². The minimum Gasteiger partial charge on any atom is -0.493 e. The summed E-state index contributed by atoms with van der Waals surface area (Å²) >= 11 is 0. The van der Waals surface area contributed by atoms with Crippen LogP contribution in [0.5, 0.6) is 11.5 Å². The van der Waals surface area contributed by atoms with E-state index in [-0.39, 0.29) is 5.91 Å². The van der Waals surface area contributed by atoms with Crippen LogP contribution in [0, 0.1) is 0 Å². The van der Waals surface area contributed by atoms with E-state index in [4.69, 9.17) is 9.47 Å². The van der Waals surface area contributed by atoms with Crippen LogP contribution in [0.4, 0.5) is 5.69 Å². The predicted molar refractivity (Wildman–Crippen MR) is 113 cm³/mol. The largest absolute Gasteiger partial charge is 0.493 e. The number of H-pyrrole nitrogens is 1. The maximum Gasteiger partial charge on any atom is 0.289 e. The summed E-state index contributed by atoms with van der Waals surface area (Å²) in [7, 11) is 7.09. The van der Waals surface area contributed by atoms with Crippen molar-refractivity contribution in [3.8, 4) is 22.8 Å². The third-order valence-electron chi connectivity index (χ3n) is 4.29. The number of hydrogen-bond donors (Lipinski definition) is 2. The smallest absolute Gasteiger partial charge is 0.289 e. The first-order chi connectivity index (χ1) is 14.0. The van der Waals surface area contributed by atoms with Gasteiger partial charge in [-0.25, -0.2) is 5.43 Å². The Balaban J connectivity index is 1.66. The summed E-state index contributed by atoms with van der Waals surface area (Å²) in [5.74, 6) is 0.826. The van der Waals surface area contributed by atoms with Crippen molar-refractivity contribution >= 4 is 17.8 Å². The van der Waals surface area contributed by atoms with E-state index in [9.17, 15) is 4.79 Å². The maximum absolute atomic E-state index is 12.3. The van der Waals surface area contributed by atoms with Gasteiger partial charge in [-0.15, -0.1) is 0 Å². The molecule has 3 aromatic rings. The normalized spacial score (nSPS) is 10.8. The van der Waals surface area contributed by atoms with Gasteiger partial charge in [0, 0.05) is 25.3 Å². The number of rotatable bonds is 7. The van der Waals surface area contributed by atoms with Gasteiger partial charge >= 0.3 is 0 Å². The second kappa shape index (κ2) is 8.92. The van der Waals surface area contributed by atoms with Crippen LogP contribution < -0.4 is 19.8 Å². The third-order valence-corrected chi connectivity index (χ3v) is 4.29. The van der Waals surface area contributed by atoms with E-state index in [0.717, 1.165) is 16.8 Å². The van der Waals surface area contributed by atoms with E-state index in [1.807, 2.05) is 49.3 Å². The molecule has 0 atom stereocenters. The highest BCUT2D eigenvalue weighted by atomic mass is 16.5. The van der Waals surface area contributed by atoms with Gasteiger partial charge in [-0.05, 0) is 42.0 Å². The Kier molecular flexibility index (Phi) is 6.13. The third kappa shape index (κ3) is 4.73. The summed E-state index contributed by atoms with van der Waals surface area (Å²) in [5.41, 5.74) is 6.17. The molecule has 0 radical (unpaired) electrons. The first-order valence-corrected chi connectivity index (χ1v) is 8.90. The van der Waals surface area contributed by atoms with E-state index in [2.05, 4.69) is 20.7 Å². The fourth-order valence-electron chi connectivity index (χ4n) is 2.67. The number of ether oxygens (including phenoxy) is 2. The Morgan fingerprint density at radius 1 is 1.07 bits per heavy atom. The molecule has 1 heterocycles. The molecule has 0 aliphatic heterocycles. The van der Waals surface area contributed by atoms with Crippen LogP contribution in [-0.2, 0) is 0 Å².